The average molecular weight is 531 g/mol. The minimum atomic E-state index is -4.74. The number of benzene rings is 2. The van der Waals surface area contributed by atoms with Gasteiger partial charge in [-0.15, -0.1) is 37.1 Å². The number of alkyl halides is 3. The fourth-order valence-corrected chi connectivity index (χ4v) is 2.77. The van der Waals surface area contributed by atoms with E-state index in [1.54, 1.807) is 31.7 Å². The second-order valence-corrected chi connectivity index (χ2v) is 6.03. The van der Waals surface area contributed by atoms with E-state index in [9.17, 15) is 13.2 Å². The van der Waals surface area contributed by atoms with E-state index in [4.69, 9.17) is 0 Å². The molecule has 0 aliphatic heterocycles. The molecule has 160 valence electrons. The highest BCUT2D eigenvalue weighted by Crippen LogP contribution is 2.26. The smallest absolute Gasteiger partial charge is 0.405 e. The van der Waals surface area contributed by atoms with Crippen molar-refractivity contribution in [2.24, 2.45) is 4.99 Å². The Morgan fingerprint density at radius 2 is 1.67 bits per heavy atom. The number of nitrogens with one attached hydrogen (secondary N) is 2. The lowest BCUT2D eigenvalue weighted by Gasteiger charge is -2.16. The molecular formula is C20H21F3IN5O. The SMILES string of the molecule is CN=C(NCc1ccccc1OC(F)(F)F)NCc1ccccc1-n1ccnc1.I. The predicted molar refractivity (Wildman–Crippen MR) is 119 cm³/mol. The summed E-state index contributed by atoms with van der Waals surface area (Å²) in [5.41, 5.74) is 2.35. The molecule has 1 heterocycles. The minimum absolute atomic E-state index is 0. The van der Waals surface area contributed by atoms with Gasteiger partial charge in [-0.2, -0.15) is 0 Å². The predicted octanol–water partition coefficient (Wildman–Crippen LogP) is 4.25. The number of hydrogen-bond donors (Lipinski definition) is 2. The molecular weight excluding hydrogens is 510 g/mol. The summed E-state index contributed by atoms with van der Waals surface area (Å²) >= 11 is 0. The summed E-state index contributed by atoms with van der Waals surface area (Å²) in [6.07, 6.45) is 0.519. The molecule has 10 heteroatoms. The second kappa shape index (κ2) is 10.9. The molecule has 0 amide bonds. The molecule has 0 bridgehead atoms. The quantitative estimate of drug-likeness (QED) is 0.284. The van der Waals surface area contributed by atoms with Crippen molar-refractivity contribution < 1.29 is 17.9 Å². The zero-order chi connectivity index (χ0) is 20.7. The van der Waals surface area contributed by atoms with Crippen molar-refractivity contribution in [3.8, 4) is 11.4 Å². The van der Waals surface area contributed by atoms with Crippen LogP contribution in [0.3, 0.4) is 0 Å². The lowest BCUT2D eigenvalue weighted by Crippen LogP contribution is -2.36. The lowest BCUT2D eigenvalue weighted by atomic mass is 10.1. The first kappa shape index (κ1) is 23.5. The van der Waals surface area contributed by atoms with E-state index < -0.39 is 6.36 Å². The van der Waals surface area contributed by atoms with Gasteiger partial charge in [-0.3, -0.25) is 4.99 Å². The van der Waals surface area contributed by atoms with Crippen LogP contribution in [0.4, 0.5) is 13.2 Å². The molecule has 2 aromatic carbocycles. The van der Waals surface area contributed by atoms with Crippen LogP contribution in [0.15, 0.2) is 72.2 Å². The Morgan fingerprint density at radius 1 is 1.03 bits per heavy atom. The van der Waals surface area contributed by atoms with E-state index in [1.807, 2.05) is 35.0 Å². The molecule has 0 saturated carbocycles. The Balaban J connectivity index is 0.00000320. The largest absolute Gasteiger partial charge is 0.573 e. The average Bonchev–Trinajstić information content (AvgIpc) is 3.23. The normalized spacial score (nSPS) is 11.5. The highest BCUT2D eigenvalue weighted by Gasteiger charge is 2.31. The van der Waals surface area contributed by atoms with Gasteiger partial charge < -0.3 is 19.9 Å². The molecule has 0 radical (unpaired) electrons. The van der Waals surface area contributed by atoms with Crippen LogP contribution in [0, 0.1) is 0 Å². The summed E-state index contributed by atoms with van der Waals surface area (Å²) in [5, 5.41) is 6.18. The van der Waals surface area contributed by atoms with E-state index in [0.717, 1.165) is 11.3 Å². The van der Waals surface area contributed by atoms with Gasteiger partial charge in [0, 0.05) is 38.1 Å². The number of imidazole rings is 1. The maximum atomic E-state index is 12.6. The van der Waals surface area contributed by atoms with Crippen molar-refractivity contribution >= 4 is 29.9 Å². The molecule has 1 aromatic heterocycles. The second-order valence-electron chi connectivity index (χ2n) is 6.03. The van der Waals surface area contributed by atoms with Crippen LogP contribution in [0.1, 0.15) is 11.1 Å². The summed E-state index contributed by atoms with van der Waals surface area (Å²) < 4.78 is 43.7. The zero-order valence-corrected chi connectivity index (χ0v) is 18.4. The third-order valence-corrected chi connectivity index (χ3v) is 4.09. The van der Waals surface area contributed by atoms with Crippen LogP contribution in [0.2, 0.25) is 0 Å². The number of aromatic nitrogens is 2. The van der Waals surface area contributed by atoms with Gasteiger partial charge in [0.25, 0.3) is 0 Å². The number of aliphatic imine (C=N–C) groups is 1. The number of halogens is 4. The summed E-state index contributed by atoms with van der Waals surface area (Å²) in [5.74, 6) is 0.209. The third kappa shape index (κ3) is 6.65. The fraction of sp³-hybridized carbons (Fsp3) is 0.200. The molecule has 0 saturated heterocycles. The Bertz CT molecular complexity index is 961. The van der Waals surface area contributed by atoms with Gasteiger partial charge in [0.05, 0.1) is 12.0 Å². The highest BCUT2D eigenvalue weighted by molar-refractivity contribution is 14.0. The minimum Gasteiger partial charge on any atom is -0.405 e. The van der Waals surface area contributed by atoms with Gasteiger partial charge in [0.15, 0.2) is 5.96 Å². The molecule has 0 aliphatic carbocycles. The van der Waals surface area contributed by atoms with Gasteiger partial charge in [-0.25, -0.2) is 4.98 Å². The monoisotopic (exact) mass is 531 g/mol. The van der Waals surface area contributed by atoms with Crippen molar-refractivity contribution in [3.63, 3.8) is 0 Å². The van der Waals surface area contributed by atoms with Gasteiger partial charge >= 0.3 is 6.36 Å². The van der Waals surface area contributed by atoms with Gasteiger partial charge in [0.1, 0.15) is 5.75 Å². The third-order valence-electron chi connectivity index (χ3n) is 4.09. The van der Waals surface area contributed by atoms with Crippen LogP contribution < -0.4 is 15.4 Å². The number of hydrogen-bond acceptors (Lipinski definition) is 3. The molecule has 0 atom stereocenters. The summed E-state index contributed by atoms with van der Waals surface area (Å²) in [6.45, 7) is 0.587. The molecule has 0 fully saturated rings. The molecule has 30 heavy (non-hydrogen) atoms. The van der Waals surface area contributed by atoms with Gasteiger partial charge in [-0.1, -0.05) is 36.4 Å². The van der Waals surface area contributed by atoms with Crippen LogP contribution in [-0.4, -0.2) is 28.9 Å². The standard InChI is InChI=1S/C20H20F3N5O.HI/c1-24-19(27-13-16-7-3-5-9-18(16)29-20(21,22)23)26-12-15-6-2-4-8-17(15)28-11-10-25-14-28;/h2-11,14H,12-13H2,1H3,(H2,24,26,27);1H. The number of nitrogens with zero attached hydrogens (tertiary/aromatic N) is 3. The molecule has 3 aromatic rings. The molecule has 3 rings (SSSR count). The van der Waals surface area contributed by atoms with Gasteiger partial charge in [-0.05, 0) is 17.7 Å². The van der Waals surface area contributed by atoms with E-state index in [2.05, 4.69) is 25.3 Å². The number of para-hydroxylation sites is 2. The van der Waals surface area contributed by atoms with Crippen LogP contribution in [-0.2, 0) is 13.1 Å². The van der Waals surface area contributed by atoms with E-state index in [-0.39, 0.29) is 36.3 Å². The maximum Gasteiger partial charge on any atom is 0.573 e. The Morgan fingerprint density at radius 3 is 2.30 bits per heavy atom. The van der Waals surface area contributed by atoms with Crippen LogP contribution in [0.25, 0.3) is 5.69 Å². The van der Waals surface area contributed by atoms with E-state index in [0.29, 0.717) is 18.1 Å². The molecule has 0 unspecified atom stereocenters. The summed E-state index contributed by atoms with van der Waals surface area (Å²) in [6, 6.07) is 13.8. The van der Waals surface area contributed by atoms with Crippen molar-refractivity contribution in [2.45, 2.75) is 19.5 Å². The zero-order valence-electron chi connectivity index (χ0n) is 16.1. The van der Waals surface area contributed by atoms with Crippen LogP contribution in [0.5, 0.6) is 5.75 Å². The van der Waals surface area contributed by atoms with Crippen molar-refractivity contribution in [2.75, 3.05) is 7.05 Å². The maximum absolute atomic E-state index is 12.6. The fourth-order valence-electron chi connectivity index (χ4n) is 2.77. The van der Waals surface area contributed by atoms with Gasteiger partial charge in [0.2, 0.25) is 0 Å². The lowest BCUT2D eigenvalue weighted by molar-refractivity contribution is -0.274. The Hall–Kier alpha value is -2.76. The van der Waals surface area contributed by atoms with E-state index >= 15 is 0 Å². The topological polar surface area (TPSA) is 63.5 Å². The number of guanidine groups is 1. The summed E-state index contributed by atoms with van der Waals surface area (Å²) in [7, 11) is 1.59. The molecule has 0 aliphatic rings. The van der Waals surface area contributed by atoms with Crippen molar-refractivity contribution in [1.29, 1.82) is 0 Å². The summed E-state index contributed by atoms with van der Waals surface area (Å²) in [4.78, 5) is 8.19. The highest BCUT2D eigenvalue weighted by atomic mass is 127. The van der Waals surface area contributed by atoms with E-state index in [1.165, 1.54) is 12.1 Å². The van der Waals surface area contributed by atoms with Crippen molar-refractivity contribution in [3.05, 3.63) is 78.4 Å². The van der Waals surface area contributed by atoms with Crippen molar-refractivity contribution in [1.82, 2.24) is 20.2 Å². The first-order valence-corrected chi connectivity index (χ1v) is 8.80. The molecule has 2 N–H and O–H groups in total. The molecule has 0 spiro atoms. The number of ether oxygens (including phenoxy) is 1. The first-order valence-electron chi connectivity index (χ1n) is 8.80. The molecule has 6 nitrogen and oxygen atoms in total. The first-order chi connectivity index (χ1) is 14.0. The van der Waals surface area contributed by atoms with Crippen LogP contribution >= 0.6 is 24.0 Å². The Labute approximate surface area is 189 Å². The Kier molecular flexibility index (Phi) is 8.51. The number of rotatable bonds is 6.